The lowest BCUT2D eigenvalue weighted by Crippen LogP contribution is -2.30. The molecule has 7 heteroatoms. The largest absolute Gasteiger partial charge is 0.493 e. The lowest BCUT2D eigenvalue weighted by atomic mass is 9.95. The highest BCUT2D eigenvalue weighted by Crippen LogP contribution is 2.35. The molecular formula is C27H40N2O5. The highest BCUT2D eigenvalue weighted by Gasteiger charge is 2.19. The molecule has 0 bridgehead atoms. The first-order valence-electron chi connectivity index (χ1n) is 12.3. The Bertz CT molecular complexity index is 891. The predicted octanol–water partition coefficient (Wildman–Crippen LogP) is 2.52. The van der Waals surface area contributed by atoms with E-state index in [4.69, 9.17) is 14.6 Å². The summed E-state index contributed by atoms with van der Waals surface area (Å²) in [4.78, 5) is 2.29. The molecule has 0 unspecified atom stereocenters. The lowest BCUT2D eigenvalue weighted by Gasteiger charge is -2.18. The van der Waals surface area contributed by atoms with E-state index in [2.05, 4.69) is 36.2 Å². The van der Waals surface area contributed by atoms with Crippen LogP contribution in [0.3, 0.4) is 0 Å². The summed E-state index contributed by atoms with van der Waals surface area (Å²) >= 11 is 0. The van der Waals surface area contributed by atoms with Crippen LogP contribution in [-0.2, 0) is 0 Å². The van der Waals surface area contributed by atoms with E-state index in [0.29, 0.717) is 26.3 Å². The zero-order valence-corrected chi connectivity index (χ0v) is 20.5. The molecule has 0 spiro atoms. The van der Waals surface area contributed by atoms with E-state index in [9.17, 15) is 10.2 Å². The summed E-state index contributed by atoms with van der Waals surface area (Å²) in [6.07, 6.45) is 1.72. The van der Waals surface area contributed by atoms with Crippen LogP contribution in [0.5, 0.6) is 11.5 Å². The maximum Gasteiger partial charge on any atom is 0.122 e. The van der Waals surface area contributed by atoms with Crippen LogP contribution in [0.25, 0.3) is 11.1 Å². The van der Waals surface area contributed by atoms with Gasteiger partial charge in [0.25, 0.3) is 0 Å². The molecule has 2 aromatic carbocycles. The van der Waals surface area contributed by atoms with E-state index in [1.807, 2.05) is 24.3 Å². The van der Waals surface area contributed by atoms with Gasteiger partial charge in [-0.1, -0.05) is 24.3 Å². The fraction of sp³-hybridized carbons (Fsp3) is 0.556. The van der Waals surface area contributed by atoms with Gasteiger partial charge >= 0.3 is 0 Å². The van der Waals surface area contributed by atoms with E-state index in [-0.39, 0.29) is 12.7 Å². The second-order valence-corrected chi connectivity index (χ2v) is 9.05. The highest BCUT2D eigenvalue weighted by atomic mass is 16.5. The van der Waals surface area contributed by atoms with Crippen molar-refractivity contribution in [2.24, 2.45) is 0 Å². The fourth-order valence-electron chi connectivity index (χ4n) is 4.32. The Morgan fingerprint density at radius 1 is 1.00 bits per heavy atom. The molecule has 0 radical (unpaired) electrons. The quantitative estimate of drug-likeness (QED) is 0.314. The van der Waals surface area contributed by atoms with Crippen LogP contribution in [0.15, 0.2) is 36.4 Å². The summed E-state index contributed by atoms with van der Waals surface area (Å²) in [6, 6.07) is 12.3. The lowest BCUT2D eigenvalue weighted by molar-refractivity contribution is 0.0942. The van der Waals surface area contributed by atoms with Crippen molar-refractivity contribution < 1.29 is 24.8 Å². The monoisotopic (exact) mass is 472 g/mol. The summed E-state index contributed by atoms with van der Waals surface area (Å²) in [5.74, 6) is 1.77. The van der Waals surface area contributed by atoms with Crippen molar-refractivity contribution in [2.45, 2.75) is 45.3 Å². The molecule has 188 valence electrons. The molecule has 2 atom stereocenters. The molecule has 0 amide bonds. The number of likely N-dealkylation sites (tertiary alicyclic amines) is 1. The fourth-order valence-corrected chi connectivity index (χ4v) is 4.32. The number of benzene rings is 2. The number of aliphatic hydroxyl groups excluding tert-OH is 3. The van der Waals surface area contributed by atoms with Gasteiger partial charge in [-0.3, -0.25) is 0 Å². The van der Waals surface area contributed by atoms with Gasteiger partial charge in [0.05, 0.1) is 32.0 Å². The van der Waals surface area contributed by atoms with Gasteiger partial charge in [0.15, 0.2) is 0 Å². The van der Waals surface area contributed by atoms with Crippen molar-refractivity contribution in [1.82, 2.24) is 10.2 Å². The van der Waals surface area contributed by atoms with Crippen LogP contribution in [0.4, 0.5) is 0 Å². The van der Waals surface area contributed by atoms with Gasteiger partial charge in [0, 0.05) is 26.2 Å². The van der Waals surface area contributed by atoms with Crippen molar-refractivity contribution in [3.05, 3.63) is 47.5 Å². The zero-order valence-electron chi connectivity index (χ0n) is 20.5. The maximum atomic E-state index is 9.66. The van der Waals surface area contributed by atoms with Crippen LogP contribution in [0.1, 0.15) is 30.4 Å². The summed E-state index contributed by atoms with van der Waals surface area (Å²) < 4.78 is 12.2. The third-order valence-electron chi connectivity index (χ3n) is 6.33. The van der Waals surface area contributed by atoms with Crippen LogP contribution in [0, 0.1) is 13.8 Å². The van der Waals surface area contributed by atoms with Crippen molar-refractivity contribution in [1.29, 1.82) is 0 Å². The molecule has 34 heavy (non-hydrogen) atoms. The van der Waals surface area contributed by atoms with Gasteiger partial charge in [0.2, 0.25) is 0 Å². The van der Waals surface area contributed by atoms with Crippen LogP contribution >= 0.6 is 0 Å². The minimum absolute atomic E-state index is 0.176. The Morgan fingerprint density at radius 3 is 2.18 bits per heavy atom. The summed E-state index contributed by atoms with van der Waals surface area (Å²) in [5.41, 5.74) is 4.49. The van der Waals surface area contributed by atoms with Gasteiger partial charge in [0.1, 0.15) is 11.5 Å². The number of nitrogens with zero attached hydrogens (tertiary/aromatic N) is 1. The Balaban J connectivity index is 1.53. The van der Waals surface area contributed by atoms with Crippen molar-refractivity contribution >= 4 is 0 Å². The van der Waals surface area contributed by atoms with Crippen molar-refractivity contribution in [2.75, 3.05) is 52.5 Å². The predicted molar refractivity (Wildman–Crippen MR) is 135 cm³/mol. The van der Waals surface area contributed by atoms with Gasteiger partial charge in [-0.05, 0) is 74.0 Å². The third-order valence-corrected chi connectivity index (χ3v) is 6.33. The molecule has 3 rings (SSSR count). The van der Waals surface area contributed by atoms with Gasteiger partial charge in [-0.25, -0.2) is 0 Å². The average Bonchev–Trinajstić information content (AvgIpc) is 3.25. The van der Waals surface area contributed by atoms with E-state index in [1.54, 1.807) is 0 Å². The van der Waals surface area contributed by atoms with Gasteiger partial charge in [-0.15, -0.1) is 0 Å². The molecule has 1 fully saturated rings. The second kappa shape index (κ2) is 13.7. The number of β-amino-alcohol motifs (C(OH)–C–C–N with tert-alkyl or cyclic N) is 1. The van der Waals surface area contributed by atoms with Crippen molar-refractivity contribution in [3.8, 4) is 22.6 Å². The Labute approximate surface area is 203 Å². The normalized spacial score (nSPS) is 17.1. The maximum absolute atomic E-state index is 9.66. The number of hydrogen-bond acceptors (Lipinski definition) is 7. The molecule has 7 nitrogen and oxygen atoms in total. The first-order chi connectivity index (χ1) is 16.5. The zero-order chi connectivity index (χ0) is 24.3. The number of aliphatic hydroxyl groups is 3. The standard InChI is InChI=1S/C27H40N2O5/c1-20-24(7-3-9-26(20)33-15-5-12-28-17-23(32)19-30)25-8-4-10-27(21(25)2)34-16-6-13-29-14-11-22(31)18-29/h3-4,7-10,22-23,28,30-32H,5-6,11-19H2,1-2H3/t22-,23-/m1/s1. The molecule has 1 aliphatic heterocycles. The Morgan fingerprint density at radius 2 is 1.62 bits per heavy atom. The molecule has 0 saturated carbocycles. The number of ether oxygens (including phenoxy) is 2. The molecule has 4 N–H and O–H groups in total. The van der Waals surface area contributed by atoms with Crippen LogP contribution < -0.4 is 14.8 Å². The summed E-state index contributed by atoms with van der Waals surface area (Å²) in [6.45, 7) is 8.96. The average molecular weight is 473 g/mol. The topological polar surface area (TPSA) is 94.4 Å². The van der Waals surface area contributed by atoms with Crippen LogP contribution in [-0.4, -0.2) is 85.0 Å². The molecule has 1 aliphatic rings. The van der Waals surface area contributed by atoms with E-state index in [1.165, 1.54) is 0 Å². The van der Waals surface area contributed by atoms with Gasteiger partial charge < -0.3 is 35.0 Å². The smallest absolute Gasteiger partial charge is 0.122 e. The van der Waals surface area contributed by atoms with Gasteiger partial charge in [-0.2, -0.15) is 0 Å². The number of hydrogen-bond donors (Lipinski definition) is 4. The van der Waals surface area contributed by atoms with Crippen molar-refractivity contribution in [3.63, 3.8) is 0 Å². The minimum atomic E-state index is -0.720. The molecule has 2 aromatic rings. The van der Waals surface area contributed by atoms with E-state index < -0.39 is 6.10 Å². The minimum Gasteiger partial charge on any atom is -0.493 e. The molecule has 0 aliphatic carbocycles. The molecule has 1 saturated heterocycles. The number of rotatable bonds is 14. The first kappa shape index (κ1) is 26.4. The van der Waals surface area contributed by atoms with E-state index in [0.717, 1.165) is 72.6 Å². The Kier molecular flexibility index (Phi) is 10.6. The SMILES string of the molecule is Cc1c(OCCCNC[C@@H](O)CO)cccc1-c1cccc(OCCCN2CC[C@@H](O)C2)c1C. The second-order valence-electron chi connectivity index (χ2n) is 9.05. The van der Waals surface area contributed by atoms with Crippen LogP contribution in [0.2, 0.25) is 0 Å². The summed E-state index contributed by atoms with van der Waals surface area (Å²) in [7, 11) is 0. The first-order valence-corrected chi connectivity index (χ1v) is 12.3. The Hall–Kier alpha value is -2.16. The molecular weight excluding hydrogens is 432 g/mol. The van der Waals surface area contributed by atoms with E-state index >= 15 is 0 Å². The highest BCUT2D eigenvalue weighted by molar-refractivity contribution is 5.74. The summed E-state index contributed by atoms with van der Waals surface area (Å²) in [5, 5.41) is 31.0. The number of nitrogens with one attached hydrogen (secondary N) is 1. The molecule has 1 heterocycles. The molecule has 0 aromatic heterocycles. The third kappa shape index (κ3) is 7.68.